The van der Waals surface area contributed by atoms with Crippen molar-refractivity contribution in [3.8, 4) is 17.2 Å². The number of thiophene rings is 1. The normalized spacial score (nSPS) is 12.3. The van der Waals surface area contributed by atoms with E-state index in [4.69, 9.17) is 4.65 Å². The molecule has 1 heterocycles. The quantitative estimate of drug-likeness (QED) is 0.398. The molecule has 0 spiro atoms. The topological polar surface area (TPSA) is 53.2 Å². The monoisotopic (exact) mass is 427 g/mol. The largest absolute Gasteiger partial charge is 0.423 e. The van der Waals surface area contributed by atoms with Gasteiger partial charge in [0.1, 0.15) is 0 Å². The number of hydrogen-bond donors (Lipinski definition) is 1. The first-order chi connectivity index (χ1) is 14.6. The number of nitriles is 1. The fourth-order valence-corrected chi connectivity index (χ4v) is 4.93. The number of rotatable bonds is 5. The summed E-state index contributed by atoms with van der Waals surface area (Å²) in [4.78, 5) is 0. The predicted octanol–water partition coefficient (Wildman–Crippen LogP) is 5.99. The van der Waals surface area contributed by atoms with E-state index in [0.29, 0.717) is 5.56 Å². The van der Waals surface area contributed by atoms with Crippen LogP contribution in [0.4, 0.5) is 0 Å². The Hall–Kier alpha value is -2.65. The molecule has 0 fully saturated rings. The van der Waals surface area contributed by atoms with Crippen molar-refractivity contribution in [3.63, 3.8) is 0 Å². The van der Waals surface area contributed by atoms with Crippen LogP contribution in [0.3, 0.4) is 0 Å². The third-order valence-corrected chi connectivity index (χ3v) is 7.46. The van der Waals surface area contributed by atoms with E-state index in [-0.39, 0.29) is 6.92 Å². The molecule has 3 aromatic carbocycles. The zero-order valence-corrected chi connectivity index (χ0v) is 19.4. The van der Waals surface area contributed by atoms with E-state index in [1.165, 1.54) is 20.3 Å². The van der Waals surface area contributed by atoms with Gasteiger partial charge in [0.2, 0.25) is 0 Å². The van der Waals surface area contributed by atoms with Gasteiger partial charge in [-0.1, -0.05) is 49.3 Å². The molecule has 3 nitrogen and oxygen atoms in total. The number of fused-ring (bicyclic) bond motifs is 3. The fraction of sp³-hybridized carbons (Fsp3) is 0.269. The lowest BCUT2D eigenvalue weighted by Crippen LogP contribution is -2.52. The molecule has 0 aliphatic carbocycles. The van der Waals surface area contributed by atoms with Crippen molar-refractivity contribution >= 4 is 43.9 Å². The Labute approximate surface area is 188 Å². The number of benzene rings is 3. The second kappa shape index (κ2) is 7.80. The van der Waals surface area contributed by atoms with E-state index in [2.05, 4.69) is 48.5 Å². The van der Waals surface area contributed by atoms with E-state index < -0.39 is 11.2 Å². The summed E-state index contributed by atoms with van der Waals surface area (Å²) in [6.07, 6.45) is 0. The number of hydrogen-bond acceptors (Lipinski definition) is 4. The molecule has 0 aliphatic rings. The van der Waals surface area contributed by atoms with Crippen LogP contribution in [0.15, 0.2) is 60.7 Å². The fourth-order valence-electron chi connectivity index (χ4n) is 3.71. The summed E-state index contributed by atoms with van der Waals surface area (Å²) in [5.74, 6) is 0. The lowest BCUT2D eigenvalue weighted by atomic mass is 9.62. The minimum Gasteiger partial charge on any atom is -0.423 e. The van der Waals surface area contributed by atoms with Crippen LogP contribution in [0.2, 0.25) is 6.82 Å². The summed E-state index contributed by atoms with van der Waals surface area (Å²) < 4.78 is 8.66. The molecule has 0 unspecified atom stereocenters. The standard InChI is InChI=1S/C26H26BNO2S/c1-25(2,29)26(3,4)30-27(5)19-9-6-8-18(15-19)20-10-7-11-21-22-14-17(16-28)12-13-23(22)31-24(20)21/h6-15,29H,1-5H3. The zero-order chi connectivity index (χ0) is 22.4. The number of nitrogens with zero attached hydrogens (tertiary/aromatic N) is 1. The van der Waals surface area contributed by atoms with Crippen molar-refractivity contribution < 1.29 is 9.76 Å². The zero-order valence-electron chi connectivity index (χ0n) is 18.6. The summed E-state index contributed by atoms with van der Waals surface area (Å²) in [7, 11) is 0. The minimum atomic E-state index is -0.955. The maximum Gasteiger partial charge on any atom is 0.324 e. The van der Waals surface area contributed by atoms with Gasteiger partial charge in [0.25, 0.3) is 0 Å². The van der Waals surface area contributed by atoms with Gasteiger partial charge in [-0.2, -0.15) is 5.26 Å². The summed E-state index contributed by atoms with van der Waals surface area (Å²) in [5, 5.41) is 22.0. The van der Waals surface area contributed by atoms with Crippen molar-refractivity contribution in [1.82, 2.24) is 0 Å². The molecule has 0 aliphatic heterocycles. The van der Waals surface area contributed by atoms with Crippen LogP contribution in [0.5, 0.6) is 0 Å². The summed E-state index contributed by atoms with van der Waals surface area (Å²) in [6, 6.07) is 22.9. The molecular formula is C26H26BNO2S. The molecule has 0 bridgehead atoms. The van der Waals surface area contributed by atoms with Crippen LogP contribution in [-0.4, -0.2) is 23.2 Å². The molecule has 1 aromatic heterocycles. The van der Waals surface area contributed by atoms with E-state index >= 15 is 0 Å². The first kappa shape index (κ1) is 21.6. The van der Waals surface area contributed by atoms with Gasteiger partial charge in [-0.3, -0.25) is 0 Å². The molecule has 0 radical (unpaired) electrons. The van der Waals surface area contributed by atoms with Gasteiger partial charge in [-0.25, -0.2) is 0 Å². The molecule has 0 saturated carbocycles. The molecule has 5 heteroatoms. The summed E-state index contributed by atoms with van der Waals surface area (Å²) >= 11 is 1.76. The SMILES string of the molecule is CB(OC(C)(C)C(C)(C)O)c1cccc(-c2cccc3c2sc2ccc(C#N)cc23)c1. The van der Waals surface area contributed by atoms with Crippen LogP contribution >= 0.6 is 11.3 Å². The molecule has 31 heavy (non-hydrogen) atoms. The van der Waals surface area contributed by atoms with Gasteiger partial charge < -0.3 is 9.76 Å². The lowest BCUT2D eigenvalue weighted by Gasteiger charge is -2.39. The van der Waals surface area contributed by atoms with Crippen molar-refractivity contribution in [2.24, 2.45) is 0 Å². The third kappa shape index (κ3) is 3.99. The maximum absolute atomic E-state index is 10.5. The molecule has 4 aromatic rings. The second-order valence-corrected chi connectivity index (χ2v) is 10.1. The highest BCUT2D eigenvalue weighted by Crippen LogP contribution is 2.40. The van der Waals surface area contributed by atoms with Crippen molar-refractivity contribution in [2.75, 3.05) is 0 Å². The average molecular weight is 427 g/mol. The van der Waals surface area contributed by atoms with Crippen molar-refractivity contribution in [1.29, 1.82) is 5.26 Å². The van der Waals surface area contributed by atoms with Crippen LogP contribution in [-0.2, 0) is 4.65 Å². The molecule has 0 saturated heterocycles. The molecule has 1 N–H and O–H groups in total. The summed E-state index contributed by atoms with van der Waals surface area (Å²) in [5.41, 5.74) is 2.41. The molecule has 156 valence electrons. The first-order valence-electron chi connectivity index (χ1n) is 10.5. The van der Waals surface area contributed by atoms with Crippen molar-refractivity contribution in [3.05, 3.63) is 66.2 Å². The molecule has 4 rings (SSSR count). The van der Waals surface area contributed by atoms with E-state index in [1.807, 2.05) is 38.9 Å². The Morgan fingerprint density at radius 3 is 2.42 bits per heavy atom. The van der Waals surface area contributed by atoms with Gasteiger partial charge in [-0.05, 0) is 62.5 Å². The van der Waals surface area contributed by atoms with Gasteiger partial charge in [0.15, 0.2) is 0 Å². The summed E-state index contributed by atoms with van der Waals surface area (Å²) in [6.45, 7) is 9.24. The maximum atomic E-state index is 10.5. The van der Waals surface area contributed by atoms with E-state index in [9.17, 15) is 10.4 Å². The first-order valence-corrected chi connectivity index (χ1v) is 11.3. The Morgan fingerprint density at radius 2 is 1.71 bits per heavy atom. The van der Waals surface area contributed by atoms with Gasteiger partial charge in [0.05, 0.1) is 22.8 Å². The average Bonchev–Trinajstić information content (AvgIpc) is 3.10. The molecular weight excluding hydrogens is 401 g/mol. The van der Waals surface area contributed by atoms with Gasteiger partial charge >= 0.3 is 6.92 Å². The van der Waals surface area contributed by atoms with Gasteiger partial charge in [-0.15, -0.1) is 11.3 Å². The highest BCUT2D eigenvalue weighted by atomic mass is 32.1. The van der Waals surface area contributed by atoms with Crippen LogP contribution in [0, 0.1) is 11.3 Å². The molecule has 0 amide bonds. The predicted molar refractivity (Wildman–Crippen MR) is 132 cm³/mol. The Kier molecular flexibility index (Phi) is 5.43. The second-order valence-electron chi connectivity index (χ2n) is 9.06. The smallest absolute Gasteiger partial charge is 0.324 e. The van der Waals surface area contributed by atoms with Crippen molar-refractivity contribution in [2.45, 2.75) is 45.7 Å². The van der Waals surface area contributed by atoms with Crippen LogP contribution in [0.1, 0.15) is 33.3 Å². The highest BCUT2D eigenvalue weighted by Gasteiger charge is 2.38. The number of aliphatic hydroxyl groups is 1. The van der Waals surface area contributed by atoms with E-state index in [0.717, 1.165) is 16.4 Å². The Bertz CT molecular complexity index is 1310. The lowest BCUT2D eigenvalue weighted by molar-refractivity contribution is -0.0918. The van der Waals surface area contributed by atoms with Crippen LogP contribution in [0.25, 0.3) is 31.3 Å². The van der Waals surface area contributed by atoms with Gasteiger partial charge in [0, 0.05) is 20.2 Å². The Morgan fingerprint density at radius 1 is 0.968 bits per heavy atom. The Balaban J connectivity index is 1.77. The molecule has 0 atom stereocenters. The highest BCUT2D eigenvalue weighted by molar-refractivity contribution is 7.26. The third-order valence-electron chi connectivity index (χ3n) is 6.24. The van der Waals surface area contributed by atoms with E-state index in [1.54, 1.807) is 25.2 Å². The minimum absolute atomic E-state index is 0.166. The van der Waals surface area contributed by atoms with Crippen LogP contribution < -0.4 is 5.46 Å².